The van der Waals surface area contributed by atoms with Gasteiger partial charge in [0.2, 0.25) is 0 Å². The molecule has 0 saturated heterocycles. The van der Waals surface area contributed by atoms with Crippen LogP contribution in [0.2, 0.25) is 0 Å². The van der Waals surface area contributed by atoms with E-state index in [1.165, 1.54) is 0 Å². The van der Waals surface area contributed by atoms with E-state index in [2.05, 4.69) is 10.6 Å². The topological polar surface area (TPSA) is 81.7 Å². The predicted octanol–water partition coefficient (Wildman–Crippen LogP) is 0.788. The van der Waals surface area contributed by atoms with Gasteiger partial charge in [-0.3, -0.25) is 0 Å². The molecule has 0 aromatic heterocycles. The van der Waals surface area contributed by atoms with Crippen molar-refractivity contribution >= 4 is 12.0 Å². The molecule has 20 heavy (non-hydrogen) atoms. The zero-order chi connectivity index (χ0) is 15.0. The Balaban J connectivity index is 2.23. The van der Waals surface area contributed by atoms with E-state index in [9.17, 15) is 9.59 Å². The molecule has 1 aromatic rings. The molecule has 0 fully saturated rings. The van der Waals surface area contributed by atoms with Crippen LogP contribution >= 0.6 is 0 Å². The van der Waals surface area contributed by atoms with Gasteiger partial charge in [0.1, 0.15) is 0 Å². The number of hydrogen-bond acceptors (Lipinski definition) is 3. The summed E-state index contributed by atoms with van der Waals surface area (Å²) in [5.74, 6) is -0.935. The van der Waals surface area contributed by atoms with Gasteiger partial charge in [0.25, 0.3) is 0 Å². The number of hydrogen-bond donors (Lipinski definition) is 3. The van der Waals surface area contributed by atoms with Crippen molar-refractivity contribution in [1.82, 2.24) is 15.5 Å². The van der Waals surface area contributed by atoms with Crippen molar-refractivity contribution in [2.45, 2.75) is 6.42 Å². The van der Waals surface area contributed by atoms with E-state index in [1.54, 1.807) is 24.3 Å². The summed E-state index contributed by atoms with van der Waals surface area (Å²) >= 11 is 0. The SMILES string of the molecule is CN(C)CCNC(=O)NCCc1ccc(C(=O)O)cc1. The van der Waals surface area contributed by atoms with Crippen LogP contribution in [0.25, 0.3) is 0 Å². The van der Waals surface area contributed by atoms with Crippen LogP contribution in [0.15, 0.2) is 24.3 Å². The molecule has 0 unspecified atom stereocenters. The number of nitrogens with one attached hydrogen (secondary N) is 2. The molecule has 6 nitrogen and oxygen atoms in total. The maximum atomic E-state index is 11.4. The van der Waals surface area contributed by atoms with Gasteiger partial charge in [0.05, 0.1) is 5.56 Å². The first-order chi connectivity index (χ1) is 9.49. The van der Waals surface area contributed by atoms with Gasteiger partial charge in [-0.05, 0) is 38.2 Å². The molecule has 110 valence electrons. The molecule has 0 heterocycles. The Labute approximate surface area is 118 Å². The molecule has 6 heteroatoms. The molecular formula is C14H21N3O3. The molecule has 0 bridgehead atoms. The van der Waals surface area contributed by atoms with Gasteiger partial charge in [0.15, 0.2) is 0 Å². The highest BCUT2D eigenvalue weighted by Crippen LogP contribution is 2.04. The molecule has 1 rings (SSSR count). The van der Waals surface area contributed by atoms with Crippen LogP contribution in [0.3, 0.4) is 0 Å². The molecular weight excluding hydrogens is 258 g/mol. The average Bonchev–Trinajstić information content (AvgIpc) is 2.39. The minimum absolute atomic E-state index is 0.186. The lowest BCUT2D eigenvalue weighted by Gasteiger charge is -2.11. The summed E-state index contributed by atoms with van der Waals surface area (Å²) in [6.07, 6.45) is 0.668. The zero-order valence-corrected chi connectivity index (χ0v) is 11.8. The summed E-state index contributed by atoms with van der Waals surface area (Å²) in [6.45, 7) is 1.91. The number of nitrogens with zero attached hydrogens (tertiary/aromatic N) is 1. The van der Waals surface area contributed by atoms with E-state index in [0.29, 0.717) is 19.5 Å². The number of rotatable bonds is 7. The van der Waals surface area contributed by atoms with E-state index in [-0.39, 0.29) is 11.6 Å². The van der Waals surface area contributed by atoms with E-state index in [1.807, 2.05) is 19.0 Å². The normalized spacial score (nSPS) is 10.3. The first kappa shape index (κ1) is 16.0. The number of carboxylic acid groups (broad SMARTS) is 1. The second kappa shape index (κ2) is 8.16. The maximum Gasteiger partial charge on any atom is 0.335 e. The number of aromatic carboxylic acids is 1. The lowest BCUT2D eigenvalue weighted by atomic mass is 10.1. The molecule has 0 aliphatic carbocycles. The summed E-state index contributed by atoms with van der Waals surface area (Å²) in [4.78, 5) is 24.1. The van der Waals surface area contributed by atoms with Crippen LogP contribution in [0, 0.1) is 0 Å². The molecule has 0 aliphatic heterocycles. The maximum absolute atomic E-state index is 11.4. The lowest BCUT2D eigenvalue weighted by Crippen LogP contribution is -2.39. The molecule has 0 aliphatic rings. The van der Waals surface area contributed by atoms with Crippen molar-refractivity contribution in [1.29, 1.82) is 0 Å². The standard InChI is InChI=1S/C14H21N3O3/c1-17(2)10-9-16-14(20)15-8-7-11-3-5-12(6-4-11)13(18)19/h3-6H,7-10H2,1-2H3,(H,18,19)(H2,15,16,20). The van der Waals surface area contributed by atoms with Crippen LogP contribution in [0.1, 0.15) is 15.9 Å². The molecule has 0 spiro atoms. The van der Waals surface area contributed by atoms with E-state index >= 15 is 0 Å². The smallest absolute Gasteiger partial charge is 0.335 e. The Morgan fingerprint density at radius 1 is 1.10 bits per heavy atom. The van der Waals surface area contributed by atoms with Crippen LogP contribution in [0.5, 0.6) is 0 Å². The number of likely N-dealkylation sites (N-methyl/N-ethyl adjacent to an activating group) is 1. The number of carbonyl (C=O) groups excluding carboxylic acids is 1. The fourth-order valence-electron chi connectivity index (χ4n) is 1.59. The quantitative estimate of drug-likeness (QED) is 0.689. The summed E-state index contributed by atoms with van der Waals surface area (Å²) in [6, 6.07) is 6.46. The van der Waals surface area contributed by atoms with E-state index < -0.39 is 5.97 Å². The van der Waals surface area contributed by atoms with Crippen molar-refractivity contribution in [3.63, 3.8) is 0 Å². The van der Waals surface area contributed by atoms with Crippen LogP contribution in [-0.2, 0) is 6.42 Å². The second-order valence-corrected chi connectivity index (χ2v) is 4.74. The molecule has 2 amide bonds. The van der Waals surface area contributed by atoms with Gasteiger partial charge in [-0.25, -0.2) is 9.59 Å². The third-order valence-electron chi connectivity index (χ3n) is 2.74. The minimum Gasteiger partial charge on any atom is -0.478 e. The van der Waals surface area contributed by atoms with Crippen molar-refractivity contribution in [3.8, 4) is 0 Å². The Morgan fingerprint density at radius 2 is 1.70 bits per heavy atom. The fraction of sp³-hybridized carbons (Fsp3) is 0.429. The van der Waals surface area contributed by atoms with Crippen molar-refractivity contribution in [3.05, 3.63) is 35.4 Å². The monoisotopic (exact) mass is 279 g/mol. The van der Waals surface area contributed by atoms with Gasteiger partial charge < -0.3 is 20.6 Å². The number of amides is 2. The molecule has 0 radical (unpaired) electrons. The number of benzene rings is 1. The zero-order valence-electron chi connectivity index (χ0n) is 11.8. The van der Waals surface area contributed by atoms with Gasteiger partial charge in [-0.15, -0.1) is 0 Å². The Kier molecular flexibility index (Phi) is 6.52. The van der Waals surface area contributed by atoms with Gasteiger partial charge in [0, 0.05) is 19.6 Å². The molecule has 3 N–H and O–H groups in total. The Morgan fingerprint density at radius 3 is 2.25 bits per heavy atom. The Bertz CT molecular complexity index is 443. The number of urea groups is 1. The highest BCUT2D eigenvalue weighted by atomic mass is 16.4. The summed E-state index contributed by atoms with van der Waals surface area (Å²) in [5.41, 5.74) is 1.26. The van der Waals surface area contributed by atoms with E-state index in [0.717, 1.165) is 12.1 Å². The van der Waals surface area contributed by atoms with Crippen LogP contribution in [-0.4, -0.2) is 55.7 Å². The van der Waals surface area contributed by atoms with Crippen molar-refractivity contribution in [2.75, 3.05) is 33.7 Å². The average molecular weight is 279 g/mol. The van der Waals surface area contributed by atoms with Crippen LogP contribution < -0.4 is 10.6 Å². The highest BCUT2D eigenvalue weighted by Gasteiger charge is 2.03. The summed E-state index contributed by atoms with van der Waals surface area (Å²) in [5, 5.41) is 14.3. The van der Waals surface area contributed by atoms with Crippen molar-refractivity contribution in [2.24, 2.45) is 0 Å². The highest BCUT2D eigenvalue weighted by molar-refractivity contribution is 5.87. The largest absolute Gasteiger partial charge is 0.478 e. The van der Waals surface area contributed by atoms with Gasteiger partial charge in [-0.1, -0.05) is 12.1 Å². The van der Waals surface area contributed by atoms with Crippen LogP contribution in [0.4, 0.5) is 4.79 Å². The predicted molar refractivity (Wildman–Crippen MR) is 77.1 cm³/mol. The second-order valence-electron chi connectivity index (χ2n) is 4.74. The molecule has 1 aromatic carbocycles. The van der Waals surface area contributed by atoms with Crippen molar-refractivity contribution < 1.29 is 14.7 Å². The Hall–Kier alpha value is -2.08. The van der Waals surface area contributed by atoms with Gasteiger partial charge >= 0.3 is 12.0 Å². The first-order valence-electron chi connectivity index (χ1n) is 6.47. The van der Waals surface area contributed by atoms with E-state index in [4.69, 9.17) is 5.11 Å². The minimum atomic E-state index is -0.935. The summed E-state index contributed by atoms with van der Waals surface area (Å²) < 4.78 is 0. The fourth-order valence-corrected chi connectivity index (χ4v) is 1.59. The lowest BCUT2D eigenvalue weighted by molar-refractivity contribution is 0.0697. The van der Waals surface area contributed by atoms with Gasteiger partial charge in [-0.2, -0.15) is 0 Å². The third-order valence-corrected chi connectivity index (χ3v) is 2.74. The number of carbonyl (C=O) groups is 2. The molecule has 0 saturated carbocycles. The molecule has 0 atom stereocenters. The third kappa shape index (κ3) is 6.19. The first-order valence-corrected chi connectivity index (χ1v) is 6.47. The number of carboxylic acids is 1. The summed E-state index contributed by atoms with van der Waals surface area (Å²) in [7, 11) is 3.89.